The lowest BCUT2D eigenvalue weighted by Gasteiger charge is -2.20. The van der Waals surface area contributed by atoms with Gasteiger partial charge in [0.05, 0.1) is 22.7 Å². The van der Waals surface area contributed by atoms with E-state index in [9.17, 15) is 5.26 Å². The van der Waals surface area contributed by atoms with Gasteiger partial charge in [0.1, 0.15) is 0 Å². The zero-order chi connectivity index (χ0) is 40.4. The summed E-state index contributed by atoms with van der Waals surface area (Å²) in [6.07, 6.45) is 3.78. The number of pyridine rings is 1. The number of aromatic nitrogens is 2. The second-order valence-electron chi connectivity index (χ2n) is 15.9. The van der Waals surface area contributed by atoms with Crippen LogP contribution in [0, 0.1) is 11.3 Å². The number of benzene rings is 10. The standard InChI is InChI=1S/C58H35N3/c59-35-37-16-26-55-51(29-37)52-32-43(23-27-56(52)61(55)48-14-2-1-3-15-48)42-21-24-49-53(33-42)57(45-19-17-38-9-4-6-11-40(38)30-45)50-25-22-44(47-13-8-28-60-36-47)34-54(50)58(49)46-20-18-39-10-5-7-12-41(39)31-46/h1-34,36H. The van der Waals surface area contributed by atoms with Crippen LogP contribution in [0.1, 0.15) is 5.56 Å². The Balaban J connectivity index is 1.17. The average molecular weight is 774 g/mol. The Kier molecular flexibility index (Phi) is 7.91. The fourth-order valence-corrected chi connectivity index (χ4v) is 9.56. The summed E-state index contributed by atoms with van der Waals surface area (Å²) in [4.78, 5) is 4.48. The monoisotopic (exact) mass is 773 g/mol. The number of rotatable bonds is 5. The minimum absolute atomic E-state index is 0.649. The Morgan fingerprint density at radius 3 is 1.46 bits per heavy atom. The molecule has 0 saturated carbocycles. The first-order valence-corrected chi connectivity index (χ1v) is 20.6. The van der Waals surface area contributed by atoms with E-state index in [0.717, 1.165) is 49.7 Å². The first kappa shape index (κ1) is 34.7. The Hall–Kier alpha value is -8.32. The minimum Gasteiger partial charge on any atom is -0.309 e. The minimum atomic E-state index is 0.649. The lowest BCUT2D eigenvalue weighted by Crippen LogP contribution is -1.94. The Labute approximate surface area is 352 Å². The molecule has 0 atom stereocenters. The van der Waals surface area contributed by atoms with Gasteiger partial charge in [-0.15, -0.1) is 0 Å². The van der Waals surface area contributed by atoms with Crippen molar-refractivity contribution >= 4 is 64.9 Å². The molecule has 12 rings (SSSR count). The van der Waals surface area contributed by atoms with Crippen molar-refractivity contribution in [2.45, 2.75) is 0 Å². The summed E-state index contributed by atoms with van der Waals surface area (Å²) in [7, 11) is 0. The molecular weight excluding hydrogens is 739 g/mol. The summed E-state index contributed by atoms with van der Waals surface area (Å²) >= 11 is 0. The highest BCUT2D eigenvalue weighted by Gasteiger charge is 2.20. The topological polar surface area (TPSA) is 41.6 Å². The summed E-state index contributed by atoms with van der Waals surface area (Å²) < 4.78 is 2.30. The van der Waals surface area contributed by atoms with Crippen LogP contribution in [0.15, 0.2) is 213 Å². The molecule has 0 saturated heterocycles. The average Bonchev–Trinajstić information content (AvgIpc) is 3.66. The number of hydrogen-bond donors (Lipinski definition) is 0. The summed E-state index contributed by atoms with van der Waals surface area (Å²) in [5, 5.41) is 21.8. The van der Waals surface area contributed by atoms with Gasteiger partial charge in [-0.25, -0.2) is 0 Å². The first-order valence-electron chi connectivity index (χ1n) is 20.6. The number of para-hydroxylation sites is 1. The highest BCUT2D eigenvalue weighted by Crippen LogP contribution is 2.47. The lowest BCUT2D eigenvalue weighted by atomic mass is 9.83. The van der Waals surface area contributed by atoms with Crippen LogP contribution in [0.5, 0.6) is 0 Å². The Morgan fingerprint density at radius 2 is 0.869 bits per heavy atom. The number of nitriles is 1. The SMILES string of the molecule is N#Cc1ccc2c(c1)c1cc(-c3ccc4c(-c5ccc6ccccc6c5)c5cc(-c6cccnc6)ccc5c(-c5ccc6ccccc6c5)c4c3)ccc1n2-c1ccccc1. The third kappa shape index (κ3) is 5.69. The molecule has 2 heterocycles. The molecule has 0 aliphatic carbocycles. The zero-order valence-corrected chi connectivity index (χ0v) is 33.0. The van der Waals surface area contributed by atoms with Crippen LogP contribution in [0.25, 0.3) is 115 Å². The van der Waals surface area contributed by atoms with Gasteiger partial charge < -0.3 is 4.57 Å². The molecule has 2 aromatic heterocycles. The van der Waals surface area contributed by atoms with E-state index in [4.69, 9.17) is 0 Å². The smallest absolute Gasteiger partial charge is 0.0991 e. The van der Waals surface area contributed by atoms with Crippen LogP contribution in [-0.2, 0) is 0 Å². The van der Waals surface area contributed by atoms with Crippen LogP contribution in [0.4, 0.5) is 0 Å². The van der Waals surface area contributed by atoms with Crippen molar-refractivity contribution in [3.8, 4) is 56.3 Å². The number of nitrogens with zero attached hydrogens (tertiary/aromatic N) is 3. The van der Waals surface area contributed by atoms with Gasteiger partial charge in [0.2, 0.25) is 0 Å². The normalized spacial score (nSPS) is 11.6. The molecule has 0 aliphatic rings. The molecule has 61 heavy (non-hydrogen) atoms. The van der Waals surface area contributed by atoms with Gasteiger partial charge in [0, 0.05) is 34.4 Å². The highest BCUT2D eigenvalue weighted by molar-refractivity contribution is 6.23. The van der Waals surface area contributed by atoms with E-state index in [1.807, 2.05) is 36.7 Å². The van der Waals surface area contributed by atoms with Gasteiger partial charge in [-0.3, -0.25) is 4.98 Å². The fraction of sp³-hybridized carbons (Fsp3) is 0. The molecule has 282 valence electrons. The predicted octanol–water partition coefficient (Wildman–Crippen LogP) is 15.3. The van der Waals surface area contributed by atoms with Crippen molar-refractivity contribution in [3.63, 3.8) is 0 Å². The van der Waals surface area contributed by atoms with Gasteiger partial charge >= 0.3 is 0 Å². The van der Waals surface area contributed by atoms with E-state index in [0.29, 0.717) is 5.56 Å². The van der Waals surface area contributed by atoms with Gasteiger partial charge in [0.25, 0.3) is 0 Å². The van der Waals surface area contributed by atoms with E-state index in [1.165, 1.54) is 65.3 Å². The molecular formula is C58H35N3. The molecule has 0 aliphatic heterocycles. The second kappa shape index (κ2) is 13.9. The highest BCUT2D eigenvalue weighted by atomic mass is 15.0. The van der Waals surface area contributed by atoms with Crippen molar-refractivity contribution in [1.29, 1.82) is 5.26 Å². The molecule has 10 aromatic carbocycles. The third-order valence-corrected chi connectivity index (χ3v) is 12.4. The van der Waals surface area contributed by atoms with Crippen LogP contribution in [0.2, 0.25) is 0 Å². The molecule has 3 nitrogen and oxygen atoms in total. The van der Waals surface area contributed by atoms with Crippen molar-refractivity contribution in [2.75, 3.05) is 0 Å². The fourth-order valence-electron chi connectivity index (χ4n) is 9.56. The van der Waals surface area contributed by atoms with Gasteiger partial charge in [-0.05, 0) is 155 Å². The molecule has 0 radical (unpaired) electrons. The molecule has 0 unspecified atom stereocenters. The van der Waals surface area contributed by atoms with Crippen molar-refractivity contribution in [1.82, 2.24) is 9.55 Å². The Morgan fingerprint density at radius 1 is 0.361 bits per heavy atom. The maximum absolute atomic E-state index is 9.95. The first-order chi connectivity index (χ1) is 30.2. The quantitative estimate of drug-likeness (QED) is 0.163. The molecule has 0 fully saturated rings. The number of fused-ring (bicyclic) bond motifs is 7. The lowest BCUT2D eigenvalue weighted by molar-refractivity contribution is 1.18. The van der Waals surface area contributed by atoms with E-state index in [-0.39, 0.29) is 0 Å². The molecule has 0 N–H and O–H groups in total. The molecule has 12 aromatic rings. The summed E-state index contributed by atoms with van der Waals surface area (Å²) in [6, 6.07) is 74.7. The van der Waals surface area contributed by atoms with Crippen molar-refractivity contribution < 1.29 is 0 Å². The number of hydrogen-bond acceptors (Lipinski definition) is 2. The Bertz CT molecular complexity index is 3760. The molecule has 0 spiro atoms. The third-order valence-electron chi connectivity index (χ3n) is 12.4. The van der Waals surface area contributed by atoms with E-state index < -0.39 is 0 Å². The van der Waals surface area contributed by atoms with E-state index >= 15 is 0 Å². The molecule has 3 heteroatoms. The second-order valence-corrected chi connectivity index (χ2v) is 15.9. The zero-order valence-electron chi connectivity index (χ0n) is 33.0. The summed E-state index contributed by atoms with van der Waals surface area (Å²) in [6.45, 7) is 0. The van der Waals surface area contributed by atoms with Crippen LogP contribution in [-0.4, -0.2) is 9.55 Å². The maximum Gasteiger partial charge on any atom is 0.0991 e. The van der Waals surface area contributed by atoms with Gasteiger partial charge in [-0.2, -0.15) is 5.26 Å². The van der Waals surface area contributed by atoms with Crippen molar-refractivity contribution in [2.24, 2.45) is 0 Å². The molecule has 0 bridgehead atoms. The summed E-state index contributed by atoms with van der Waals surface area (Å²) in [5.41, 5.74) is 13.2. The summed E-state index contributed by atoms with van der Waals surface area (Å²) in [5.74, 6) is 0. The van der Waals surface area contributed by atoms with E-state index in [2.05, 4.69) is 192 Å². The van der Waals surface area contributed by atoms with Crippen molar-refractivity contribution in [3.05, 3.63) is 218 Å². The van der Waals surface area contributed by atoms with Gasteiger partial charge in [-0.1, -0.05) is 127 Å². The van der Waals surface area contributed by atoms with Crippen LogP contribution >= 0.6 is 0 Å². The predicted molar refractivity (Wildman–Crippen MR) is 255 cm³/mol. The van der Waals surface area contributed by atoms with Crippen LogP contribution in [0.3, 0.4) is 0 Å². The molecule has 0 amide bonds. The van der Waals surface area contributed by atoms with Gasteiger partial charge in [0.15, 0.2) is 0 Å². The maximum atomic E-state index is 9.95. The van der Waals surface area contributed by atoms with E-state index in [1.54, 1.807) is 0 Å². The largest absolute Gasteiger partial charge is 0.309 e. The van der Waals surface area contributed by atoms with Crippen LogP contribution < -0.4 is 0 Å².